The lowest BCUT2D eigenvalue weighted by molar-refractivity contribution is -0.385. The Kier molecular flexibility index (Phi) is 5.44. The van der Waals surface area contributed by atoms with E-state index in [1.165, 1.54) is 18.2 Å². The number of halogens is 1. The number of carbonyl (C=O) groups excluding carboxylic acids is 1. The van der Waals surface area contributed by atoms with Gasteiger partial charge in [0.15, 0.2) is 0 Å². The van der Waals surface area contributed by atoms with E-state index in [0.717, 1.165) is 24.3 Å². The number of benzene rings is 2. The predicted molar refractivity (Wildman–Crippen MR) is 93.5 cm³/mol. The summed E-state index contributed by atoms with van der Waals surface area (Å²) in [5, 5.41) is 40.9. The van der Waals surface area contributed by atoms with Crippen LogP contribution in [0.3, 0.4) is 0 Å². The van der Waals surface area contributed by atoms with Crippen LogP contribution in [0.1, 0.15) is 15.9 Å². The molecule has 0 saturated carbocycles. The fourth-order valence-electron chi connectivity index (χ4n) is 2.04. The van der Waals surface area contributed by atoms with E-state index in [2.05, 4.69) is 15.9 Å². The lowest BCUT2D eigenvalue weighted by Gasteiger charge is -2.04. The highest BCUT2D eigenvalue weighted by Crippen LogP contribution is 2.34. The van der Waals surface area contributed by atoms with Gasteiger partial charge in [0.2, 0.25) is 5.78 Å². The number of allylic oxidation sites excluding steroid dienone is 1. The van der Waals surface area contributed by atoms with Crippen LogP contribution < -0.4 is 0 Å². The SMILES string of the molecule is N#CC(=Cc1cc([N+](=O)[O-])cc(Br)c1O)C(=O)c1cccc([N+](=O)[O-])c1. The molecule has 0 spiro atoms. The maximum Gasteiger partial charge on any atom is 0.271 e. The number of nitriles is 1. The largest absolute Gasteiger partial charge is 0.506 e. The number of nitro groups is 2. The maximum atomic E-state index is 12.4. The van der Waals surface area contributed by atoms with Gasteiger partial charge in [-0.3, -0.25) is 25.0 Å². The fraction of sp³-hybridized carbons (Fsp3) is 0. The lowest BCUT2D eigenvalue weighted by atomic mass is 10.0. The van der Waals surface area contributed by atoms with Crippen molar-refractivity contribution in [1.29, 1.82) is 5.26 Å². The summed E-state index contributed by atoms with van der Waals surface area (Å²) in [6, 6.07) is 8.50. The second-order valence-corrected chi connectivity index (χ2v) is 5.78. The minimum absolute atomic E-state index is 0.0121. The molecule has 0 aliphatic rings. The van der Waals surface area contributed by atoms with Crippen LogP contribution in [0.2, 0.25) is 0 Å². The molecule has 130 valence electrons. The Bertz CT molecular complexity index is 1010. The summed E-state index contributed by atoms with van der Waals surface area (Å²) < 4.78 is 0.0121. The molecule has 26 heavy (non-hydrogen) atoms. The number of hydrogen-bond donors (Lipinski definition) is 1. The van der Waals surface area contributed by atoms with Crippen LogP contribution in [0.5, 0.6) is 5.75 Å². The molecule has 0 unspecified atom stereocenters. The summed E-state index contributed by atoms with van der Waals surface area (Å²) in [6.45, 7) is 0. The highest BCUT2D eigenvalue weighted by Gasteiger charge is 2.19. The lowest BCUT2D eigenvalue weighted by Crippen LogP contribution is -2.03. The van der Waals surface area contributed by atoms with Crippen molar-refractivity contribution in [3.63, 3.8) is 0 Å². The average Bonchev–Trinajstić information content (AvgIpc) is 2.62. The molecule has 2 aromatic rings. The van der Waals surface area contributed by atoms with Crippen molar-refractivity contribution in [1.82, 2.24) is 0 Å². The van der Waals surface area contributed by atoms with Gasteiger partial charge in [-0.25, -0.2) is 0 Å². The normalized spacial score (nSPS) is 10.8. The quantitative estimate of drug-likeness (QED) is 0.256. The summed E-state index contributed by atoms with van der Waals surface area (Å²) in [7, 11) is 0. The van der Waals surface area contributed by atoms with Crippen LogP contribution >= 0.6 is 15.9 Å². The highest BCUT2D eigenvalue weighted by atomic mass is 79.9. The van der Waals surface area contributed by atoms with Crippen LogP contribution in [0.15, 0.2) is 46.4 Å². The van der Waals surface area contributed by atoms with Gasteiger partial charge in [-0.2, -0.15) is 5.26 Å². The first-order valence-corrected chi connectivity index (χ1v) is 7.61. The first-order chi connectivity index (χ1) is 12.2. The number of phenolic OH excluding ortho intramolecular Hbond substituents is 1. The molecule has 0 aliphatic heterocycles. The van der Waals surface area contributed by atoms with Crippen molar-refractivity contribution < 1.29 is 19.7 Å². The number of phenols is 1. The van der Waals surface area contributed by atoms with Crippen molar-refractivity contribution in [2.45, 2.75) is 0 Å². The van der Waals surface area contributed by atoms with Crippen molar-refractivity contribution in [3.05, 3.63) is 77.8 Å². The third-order valence-electron chi connectivity index (χ3n) is 3.27. The molecule has 2 rings (SSSR count). The molecule has 0 aliphatic carbocycles. The van der Waals surface area contributed by atoms with E-state index in [0.29, 0.717) is 0 Å². The number of aromatic hydroxyl groups is 1. The van der Waals surface area contributed by atoms with Crippen molar-refractivity contribution >= 4 is 39.2 Å². The zero-order valence-corrected chi connectivity index (χ0v) is 14.3. The second-order valence-electron chi connectivity index (χ2n) is 4.93. The molecular weight excluding hydrogens is 410 g/mol. The number of hydrogen-bond acceptors (Lipinski definition) is 7. The monoisotopic (exact) mass is 417 g/mol. The molecular formula is C16H8BrN3O6. The van der Waals surface area contributed by atoms with Crippen molar-refractivity contribution in [2.75, 3.05) is 0 Å². The molecule has 9 nitrogen and oxygen atoms in total. The molecule has 1 N–H and O–H groups in total. The first kappa shape index (κ1) is 18.8. The zero-order valence-electron chi connectivity index (χ0n) is 12.7. The molecule has 0 amide bonds. The third kappa shape index (κ3) is 3.90. The van der Waals surface area contributed by atoms with E-state index in [9.17, 15) is 35.4 Å². The fourth-order valence-corrected chi connectivity index (χ4v) is 2.50. The summed E-state index contributed by atoms with van der Waals surface area (Å²) in [4.78, 5) is 32.8. The smallest absolute Gasteiger partial charge is 0.271 e. The van der Waals surface area contributed by atoms with E-state index in [-0.39, 0.29) is 27.0 Å². The zero-order chi connectivity index (χ0) is 19.4. The van der Waals surface area contributed by atoms with E-state index in [1.807, 2.05) is 0 Å². The Morgan fingerprint density at radius 2 is 1.81 bits per heavy atom. The van der Waals surface area contributed by atoms with E-state index < -0.39 is 27.0 Å². The minimum Gasteiger partial charge on any atom is -0.506 e. The molecule has 0 atom stereocenters. The molecule has 0 bridgehead atoms. The number of carbonyl (C=O) groups is 1. The molecule has 0 aromatic heterocycles. The number of non-ortho nitro benzene ring substituents is 2. The van der Waals surface area contributed by atoms with E-state index >= 15 is 0 Å². The van der Waals surface area contributed by atoms with Gasteiger partial charge in [-0.05, 0) is 22.0 Å². The number of rotatable bonds is 5. The van der Waals surface area contributed by atoms with Gasteiger partial charge in [0.05, 0.1) is 14.3 Å². The van der Waals surface area contributed by atoms with Gasteiger partial charge in [0, 0.05) is 35.4 Å². The van der Waals surface area contributed by atoms with Crippen LogP contribution in [0.25, 0.3) is 6.08 Å². The molecule has 2 aromatic carbocycles. The van der Waals surface area contributed by atoms with E-state index in [4.69, 9.17) is 0 Å². The first-order valence-electron chi connectivity index (χ1n) is 6.82. The topological polar surface area (TPSA) is 147 Å². The van der Waals surface area contributed by atoms with Crippen LogP contribution in [0, 0.1) is 31.6 Å². The molecule has 0 radical (unpaired) electrons. The van der Waals surface area contributed by atoms with Crippen LogP contribution in [-0.2, 0) is 0 Å². The maximum absolute atomic E-state index is 12.4. The summed E-state index contributed by atoms with van der Waals surface area (Å²) in [5.74, 6) is -1.21. The van der Waals surface area contributed by atoms with Gasteiger partial charge in [0.1, 0.15) is 17.4 Å². The highest BCUT2D eigenvalue weighted by molar-refractivity contribution is 9.10. The third-order valence-corrected chi connectivity index (χ3v) is 3.88. The van der Waals surface area contributed by atoms with Gasteiger partial charge >= 0.3 is 0 Å². The summed E-state index contributed by atoms with van der Waals surface area (Å²) in [6.07, 6.45) is 0.980. The molecule has 0 heterocycles. The minimum atomic E-state index is -0.821. The van der Waals surface area contributed by atoms with Gasteiger partial charge in [0.25, 0.3) is 11.4 Å². The standard InChI is InChI=1S/C16H8BrN3O6/c17-14-7-13(20(25)26)6-10(16(14)22)4-11(8-18)15(21)9-2-1-3-12(5-9)19(23)24/h1-7,22H. The van der Waals surface area contributed by atoms with E-state index in [1.54, 1.807) is 6.07 Å². The molecule has 10 heteroatoms. The Hall–Kier alpha value is -3.58. The second kappa shape index (κ2) is 7.54. The molecule has 0 saturated heterocycles. The van der Waals surface area contributed by atoms with Crippen LogP contribution in [0.4, 0.5) is 11.4 Å². The average molecular weight is 418 g/mol. The van der Waals surface area contributed by atoms with Gasteiger partial charge < -0.3 is 5.11 Å². The van der Waals surface area contributed by atoms with Gasteiger partial charge in [-0.15, -0.1) is 0 Å². The Morgan fingerprint density at radius 1 is 1.15 bits per heavy atom. The van der Waals surface area contributed by atoms with Crippen molar-refractivity contribution in [2.24, 2.45) is 0 Å². The Balaban J connectivity index is 2.54. The number of Topliss-reactive ketones (excluding diaryl/α,β-unsaturated/α-hetero) is 1. The number of nitrogens with zero attached hydrogens (tertiary/aromatic N) is 3. The summed E-state index contributed by atoms with van der Waals surface area (Å²) >= 11 is 2.96. The predicted octanol–water partition coefficient (Wildman–Crippen LogP) is 3.76. The Labute approximate surface area is 154 Å². The molecule has 0 fully saturated rings. The Morgan fingerprint density at radius 3 is 2.38 bits per heavy atom. The summed E-state index contributed by atoms with van der Waals surface area (Å²) in [5.41, 5.74) is -1.36. The van der Waals surface area contributed by atoms with Crippen molar-refractivity contribution in [3.8, 4) is 11.8 Å². The van der Waals surface area contributed by atoms with Gasteiger partial charge in [-0.1, -0.05) is 12.1 Å². The number of nitro benzene ring substituents is 2. The van der Waals surface area contributed by atoms with Crippen LogP contribution in [-0.4, -0.2) is 20.7 Å². The number of ketones is 1.